The molecule has 4 nitrogen and oxygen atoms in total. The standard InChI is InChI=1S/C18H17N3OS/c1-12-6-5-8-14(10-12)20-17(22)16-18(23-11-19-16)21-15-9-4-3-7-13(15)2/h3-11,21H,1-2H3,(H,20,22). The number of nitrogens with one attached hydrogen (secondary N) is 2. The molecule has 0 saturated carbocycles. The second-order valence-electron chi connectivity index (χ2n) is 5.29. The molecule has 23 heavy (non-hydrogen) atoms. The van der Waals surface area contributed by atoms with Gasteiger partial charge < -0.3 is 10.6 Å². The molecule has 0 fully saturated rings. The van der Waals surface area contributed by atoms with Gasteiger partial charge in [-0.05, 0) is 43.2 Å². The summed E-state index contributed by atoms with van der Waals surface area (Å²) in [5.74, 6) is -0.215. The molecule has 3 aromatic rings. The van der Waals surface area contributed by atoms with E-state index >= 15 is 0 Å². The lowest BCUT2D eigenvalue weighted by Crippen LogP contribution is -2.14. The SMILES string of the molecule is Cc1cccc(NC(=O)c2ncsc2Nc2ccccc2C)c1. The Balaban J connectivity index is 1.80. The predicted octanol–water partition coefficient (Wildman–Crippen LogP) is 4.76. The monoisotopic (exact) mass is 323 g/mol. The van der Waals surface area contributed by atoms with Crippen LogP contribution in [-0.2, 0) is 0 Å². The molecule has 0 spiro atoms. The first-order valence-corrected chi connectivity index (χ1v) is 8.15. The average Bonchev–Trinajstić information content (AvgIpc) is 2.98. The van der Waals surface area contributed by atoms with Gasteiger partial charge in [0.1, 0.15) is 5.00 Å². The molecular formula is C18H17N3OS. The Hall–Kier alpha value is -2.66. The molecule has 0 aliphatic rings. The van der Waals surface area contributed by atoms with E-state index in [1.54, 1.807) is 5.51 Å². The number of aromatic nitrogens is 1. The van der Waals surface area contributed by atoms with Crippen molar-refractivity contribution in [1.82, 2.24) is 4.98 Å². The van der Waals surface area contributed by atoms with Crippen LogP contribution in [0.2, 0.25) is 0 Å². The molecule has 0 radical (unpaired) electrons. The lowest BCUT2D eigenvalue weighted by atomic mass is 10.2. The van der Waals surface area contributed by atoms with Crippen molar-refractivity contribution in [3.63, 3.8) is 0 Å². The summed E-state index contributed by atoms with van der Waals surface area (Å²) in [6.45, 7) is 4.01. The van der Waals surface area contributed by atoms with Crippen LogP contribution in [0, 0.1) is 13.8 Å². The van der Waals surface area contributed by atoms with E-state index in [9.17, 15) is 4.79 Å². The van der Waals surface area contributed by atoms with Gasteiger partial charge in [-0.3, -0.25) is 4.79 Å². The molecule has 0 atom stereocenters. The predicted molar refractivity (Wildman–Crippen MR) is 95.7 cm³/mol. The largest absolute Gasteiger partial charge is 0.345 e. The van der Waals surface area contributed by atoms with Gasteiger partial charge in [0, 0.05) is 11.4 Å². The maximum Gasteiger partial charge on any atom is 0.277 e. The number of carbonyl (C=O) groups excluding carboxylic acids is 1. The summed E-state index contributed by atoms with van der Waals surface area (Å²) in [7, 11) is 0. The summed E-state index contributed by atoms with van der Waals surface area (Å²) in [5, 5.41) is 6.93. The van der Waals surface area contributed by atoms with Gasteiger partial charge in [-0.25, -0.2) is 4.98 Å². The zero-order valence-electron chi connectivity index (χ0n) is 13.0. The number of rotatable bonds is 4. The van der Waals surface area contributed by atoms with Crippen LogP contribution in [0.3, 0.4) is 0 Å². The number of amides is 1. The zero-order valence-corrected chi connectivity index (χ0v) is 13.8. The van der Waals surface area contributed by atoms with Crippen LogP contribution in [0.15, 0.2) is 54.0 Å². The summed E-state index contributed by atoms with van der Waals surface area (Å²) < 4.78 is 0. The van der Waals surface area contributed by atoms with Crippen molar-refractivity contribution < 1.29 is 4.79 Å². The number of para-hydroxylation sites is 1. The minimum atomic E-state index is -0.215. The van der Waals surface area contributed by atoms with Crippen molar-refractivity contribution in [2.24, 2.45) is 0 Å². The minimum absolute atomic E-state index is 0.215. The normalized spacial score (nSPS) is 10.3. The number of hydrogen-bond acceptors (Lipinski definition) is 4. The van der Waals surface area contributed by atoms with E-state index in [4.69, 9.17) is 0 Å². The van der Waals surface area contributed by atoms with E-state index in [1.165, 1.54) is 11.3 Å². The lowest BCUT2D eigenvalue weighted by Gasteiger charge is -2.09. The highest BCUT2D eigenvalue weighted by Crippen LogP contribution is 2.27. The van der Waals surface area contributed by atoms with Crippen LogP contribution in [0.4, 0.5) is 16.4 Å². The third-order valence-corrected chi connectivity index (χ3v) is 4.19. The van der Waals surface area contributed by atoms with Crippen molar-refractivity contribution in [3.05, 3.63) is 70.9 Å². The molecule has 0 bridgehead atoms. The summed E-state index contributed by atoms with van der Waals surface area (Å²) in [5.41, 5.74) is 6.03. The highest BCUT2D eigenvalue weighted by Gasteiger charge is 2.16. The average molecular weight is 323 g/mol. The first-order chi connectivity index (χ1) is 11.1. The van der Waals surface area contributed by atoms with E-state index in [1.807, 2.05) is 62.4 Å². The van der Waals surface area contributed by atoms with E-state index in [0.29, 0.717) is 5.69 Å². The molecule has 1 heterocycles. The topological polar surface area (TPSA) is 54.0 Å². The Morgan fingerprint density at radius 2 is 1.91 bits per heavy atom. The number of aryl methyl sites for hydroxylation is 2. The number of anilines is 3. The van der Waals surface area contributed by atoms with Crippen molar-refractivity contribution >= 4 is 33.6 Å². The number of thiazole rings is 1. The fourth-order valence-corrected chi connectivity index (χ4v) is 2.93. The number of benzene rings is 2. The number of carbonyl (C=O) groups is 1. The molecular weight excluding hydrogens is 306 g/mol. The molecule has 0 saturated heterocycles. The van der Waals surface area contributed by atoms with Crippen LogP contribution in [0.1, 0.15) is 21.6 Å². The summed E-state index contributed by atoms with van der Waals surface area (Å²) in [6.07, 6.45) is 0. The fourth-order valence-electron chi connectivity index (χ4n) is 2.25. The van der Waals surface area contributed by atoms with Gasteiger partial charge in [-0.1, -0.05) is 30.3 Å². The third-order valence-electron chi connectivity index (χ3n) is 3.45. The molecule has 1 amide bonds. The molecule has 0 aliphatic carbocycles. The molecule has 5 heteroatoms. The van der Waals surface area contributed by atoms with Gasteiger partial charge in [-0.15, -0.1) is 11.3 Å². The Morgan fingerprint density at radius 3 is 2.70 bits per heavy atom. The van der Waals surface area contributed by atoms with Crippen molar-refractivity contribution in [2.45, 2.75) is 13.8 Å². The van der Waals surface area contributed by atoms with Crippen molar-refractivity contribution in [1.29, 1.82) is 0 Å². The molecule has 3 rings (SSSR count). The maximum atomic E-state index is 12.5. The van der Waals surface area contributed by atoms with E-state index < -0.39 is 0 Å². The maximum absolute atomic E-state index is 12.5. The van der Waals surface area contributed by atoms with Gasteiger partial charge in [0.25, 0.3) is 5.91 Å². The lowest BCUT2D eigenvalue weighted by molar-refractivity contribution is 0.102. The minimum Gasteiger partial charge on any atom is -0.345 e. The Labute approximate surface area is 139 Å². The highest BCUT2D eigenvalue weighted by molar-refractivity contribution is 7.14. The third kappa shape index (κ3) is 3.57. The Bertz CT molecular complexity index is 842. The molecule has 2 aromatic carbocycles. The summed E-state index contributed by atoms with van der Waals surface area (Å²) in [6, 6.07) is 15.7. The zero-order chi connectivity index (χ0) is 16.2. The van der Waals surface area contributed by atoms with Gasteiger partial charge in [0.2, 0.25) is 0 Å². The van der Waals surface area contributed by atoms with Crippen LogP contribution in [-0.4, -0.2) is 10.9 Å². The fraction of sp³-hybridized carbons (Fsp3) is 0.111. The Kier molecular flexibility index (Phi) is 4.39. The molecule has 0 aliphatic heterocycles. The number of hydrogen-bond donors (Lipinski definition) is 2. The summed E-state index contributed by atoms with van der Waals surface area (Å²) in [4.78, 5) is 16.7. The smallest absolute Gasteiger partial charge is 0.277 e. The highest BCUT2D eigenvalue weighted by atomic mass is 32.1. The van der Waals surface area contributed by atoms with Crippen LogP contribution >= 0.6 is 11.3 Å². The van der Waals surface area contributed by atoms with Gasteiger partial charge >= 0.3 is 0 Å². The van der Waals surface area contributed by atoms with Gasteiger partial charge in [0.15, 0.2) is 5.69 Å². The summed E-state index contributed by atoms with van der Waals surface area (Å²) >= 11 is 1.41. The van der Waals surface area contributed by atoms with Gasteiger partial charge in [0.05, 0.1) is 5.51 Å². The second kappa shape index (κ2) is 6.62. The number of nitrogens with zero attached hydrogens (tertiary/aromatic N) is 1. The van der Waals surface area contributed by atoms with Crippen LogP contribution < -0.4 is 10.6 Å². The van der Waals surface area contributed by atoms with E-state index in [2.05, 4.69) is 15.6 Å². The van der Waals surface area contributed by atoms with Crippen LogP contribution in [0.25, 0.3) is 0 Å². The molecule has 0 unspecified atom stereocenters. The first-order valence-electron chi connectivity index (χ1n) is 7.27. The Morgan fingerprint density at radius 1 is 1.09 bits per heavy atom. The van der Waals surface area contributed by atoms with E-state index in [-0.39, 0.29) is 5.91 Å². The molecule has 1 aromatic heterocycles. The van der Waals surface area contributed by atoms with Crippen LogP contribution in [0.5, 0.6) is 0 Å². The second-order valence-corrected chi connectivity index (χ2v) is 6.15. The van der Waals surface area contributed by atoms with Crippen molar-refractivity contribution in [3.8, 4) is 0 Å². The quantitative estimate of drug-likeness (QED) is 0.728. The first kappa shape index (κ1) is 15.2. The van der Waals surface area contributed by atoms with Gasteiger partial charge in [-0.2, -0.15) is 0 Å². The molecule has 116 valence electrons. The van der Waals surface area contributed by atoms with E-state index in [0.717, 1.165) is 27.5 Å². The molecule has 2 N–H and O–H groups in total. The van der Waals surface area contributed by atoms with Crippen molar-refractivity contribution in [2.75, 3.05) is 10.6 Å².